The first-order valence-corrected chi connectivity index (χ1v) is 8.98. The van der Waals surface area contributed by atoms with E-state index in [9.17, 15) is 13.2 Å². The molecule has 0 aliphatic rings. The molecule has 0 fully saturated rings. The lowest BCUT2D eigenvalue weighted by molar-refractivity contribution is 0.0883. The van der Waals surface area contributed by atoms with Crippen molar-refractivity contribution in [1.29, 1.82) is 0 Å². The molecule has 0 radical (unpaired) electrons. The molecular formula is C15H26ClN3O3S. The number of hydrogen-bond donors (Lipinski definition) is 3. The van der Waals surface area contributed by atoms with Crippen LogP contribution < -0.4 is 15.8 Å². The van der Waals surface area contributed by atoms with Crippen molar-refractivity contribution < 1.29 is 13.2 Å². The number of benzene rings is 1. The molecular weight excluding hydrogens is 338 g/mol. The van der Waals surface area contributed by atoms with Crippen molar-refractivity contribution in [3.8, 4) is 0 Å². The van der Waals surface area contributed by atoms with Gasteiger partial charge in [0.05, 0.1) is 17.5 Å². The van der Waals surface area contributed by atoms with E-state index in [0.29, 0.717) is 17.8 Å². The molecule has 0 bridgehead atoms. The quantitative estimate of drug-likeness (QED) is 0.718. The average Bonchev–Trinajstić information content (AvgIpc) is 2.39. The predicted octanol–water partition coefficient (Wildman–Crippen LogP) is 1.89. The zero-order chi connectivity index (χ0) is 17.1. The average molecular weight is 364 g/mol. The third-order valence-electron chi connectivity index (χ3n) is 3.89. The Bertz CT molecular complexity index is 662. The summed E-state index contributed by atoms with van der Waals surface area (Å²) in [6, 6.07) is 4.90. The van der Waals surface area contributed by atoms with Gasteiger partial charge in [0, 0.05) is 12.1 Å². The van der Waals surface area contributed by atoms with Crippen molar-refractivity contribution in [3.63, 3.8) is 0 Å². The molecule has 0 saturated heterocycles. The van der Waals surface area contributed by atoms with E-state index in [1.54, 1.807) is 19.1 Å². The van der Waals surface area contributed by atoms with Gasteiger partial charge >= 0.3 is 0 Å². The number of amides is 1. The van der Waals surface area contributed by atoms with Crippen molar-refractivity contribution in [3.05, 3.63) is 29.3 Å². The first-order valence-electron chi connectivity index (χ1n) is 7.09. The molecule has 0 aliphatic carbocycles. The molecule has 6 nitrogen and oxygen atoms in total. The molecule has 1 amide bonds. The number of carbonyl (C=O) groups excluding carboxylic acids is 1. The fraction of sp³-hybridized carbons (Fsp3) is 0.533. The number of sulfonamides is 1. The zero-order valence-electron chi connectivity index (χ0n) is 14.1. The Morgan fingerprint density at radius 2 is 1.91 bits per heavy atom. The van der Waals surface area contributed by atoms with E-state index in [2.05, 4.69) is 10.0 Å². The molecule has 0 aromatic heterocycles. The minimum absolute atomic E-state index is 0. The van der Waals surface area contributed by atoms with Gasteiger partial charge in [-0.25, -0.2) is 8.42 Å². The van der Waals surface area contributed by atoms with E-state index in [-0.39, 0.29) is 24.2 Å². The summed E-state index contributed by atoms with van der Waals surface area (Å²) in [6.45, 7) is 7.95. The summed E-state index contributed by atoms with van der Waals surface area (Å²) in [5.74, 6) is -0.112. The molecule has 8 heteroatoms. The van der Waals surface area contributed by atoms with Crippen molar-refractivity contribution in [2.24, 2.45) is 11.7 Å². The Kier molecular flexibility index (Phi) is 7.53. The van der Waals surface area contributed by atoms with Gasteiger partial charge in [-0.1, -0.05) is 19.9 Å². The summed E-state index contributed by atoms with van der Waals surface area (Å²) in [7, 11) is -3.40. The standard InChI is InChI=1S/C15H25N3O3S.ClH/c1-10(2)15(4,9-16)17-14(19)12-7-6-11(3)13(8-12)18-22(5,20)21;/h6-8,10,18H,9,16H2,1-5H3,(H,17,19);1H. The van der Waals surface area contributed by atoms with E-state index >= 15 is 0 Å². The van der Waals surface area contributed by atoms with E-state index in [1.807, 2.05) is 20.8 Å². The van der Waals surface area contributed by atoms with E-state index in [4.69, 9.17) is 5.73 Å². The molecule has 1 unspecified atom stereocenters. The Morgan fingerprint density at radius 1 is 1.35 bits per heavy atom. The maximum Gasteiger partial charge on any atom is 0.251 e. The number of nitrogens with two attached hydrogens (primary N) is 1. The fourth-order valence-electron chi connectivity index (χ4n) is 1.84. The van der Waals surface area contributed by atoms with Crippen LogP contribution in [0.15, 0.2) is 18.2 Å². The number of hydrogen-bond acceptors (Lipinski definition) is 4. The minimum Gasteiger partial charge on any atom is -0.345 e. The third kappa shape index (κ3) is 6.01. The second kappa shape index (κ2) is 7.99. The van der Waals surface area contributed by atoms with Crippen molar-refractivity contribution in [1.82, 2.24) is 5.32 Å². The van der Waals surface area contributed by atoms with Gasteiger partial charge in [0.1, 0.15) is 0 Å². The first-order chi connectivity index (χ1) is 9.98. The second-order valence-electron chi connectivity index (χ2n) is 6.13. The van der Waals surface area contributed by atoms with Crippen molar-refractivity contribution >= 4 is 34.0 Å². The molecule has 0 saturated carbocycles. The van der Waals surface area contributed by atoms with Gasteiger partial charge in [0.2, 0.25) is 10.0 Å². The van der Waals surface area contributed by atoms with Crippen LogP contribution in [-0.2, 0) is 10.0 Å². The normalized spacial score (nSPS) is 13.9. The van der Waals surface area contributed by atoms with Crippen LogP contribution in [0.5, 0.6) is 0 Å². The fourth-order valence-corrected chi connectivity index (χ4v) is 2.45. The lowest BCUT2D eigenvalue weighted by atomic mass is 9.88. The highest BCUT2D eigenvalue weighted by atomic mass is 35.5. The van der Waals surface area contributed by atoms with E-state index in [1.165, 1.54) is 6.07 Å². The molecule has 1 aromatic rings. The summed E-state index contributed by atoms with van der Waals surface area (Å²) in [6.07, 6.45) is 1.07. The summed E-state index contributed by atoms with van der Waals surface area (Å²) in [4.78, 5) is 12.4. The molecule has 1 atom stereocenters. The van der Waals surface area contributed by atoms with Crippen molar-refractivity contribution in [2.75, 3.05) is 17.5 Å². The van der Waals surface area contributed by atoms with Crippen LogP contribution in [0.4, 0.5) is 5.69 Å². The zero-order valence-corrected chi connectivity index (χ0v) is 15.8. The Balaban J connectivity index is 0.00000484. The van der Waals surface area contributed by atoms with Crippen LogP contribution in [0.25, 0.3) is 0 Å². The Morgan fingerprint density at radius 3 is 2.35 bits per heavy atom. The van der Waals surface area contributed by atoms with Crippen molar-refractivity contribution in [2.45, 2.75) is 33.2 Å². The summed E-state index contributed by atoms with van der Waals surface area (Å²) < 4.78 is 25.2. The SMILES string of the molecule is Cc1ccc(C(=O)NC(C)(CN)C(C)C)cc1NS(C)(=O)=O.Cl. The minimum atomic E-state index is -3.40. The van der Waals surface area contributed by atoms with Gasteiger partial charge in [0.15, 0.2) is 0 Å². The highest BCUT2D eigenvalue weighted by Crippen LogP contribution is 2.20. The highest BCUT2D eigenvalue weighted by Gasteiger charge is 2.29. The lowest BCUT2D eigenvalue weighted by Crippen LogP contribution is -2.55. The van der Waals surface area contributed by atoms with Crippen LogP contribution in [0.3, 0.4) is 0 Å². The number of rotatable bonds is 6. The maximum absolute atomic E-state index is 12.4. The first kappa shape index (κ1) is 21.7. The number of halogens is 1. The van der Waals surface area contributed by atoms with Crippen LogP contribution in [0, 0.1) is 12.8 Å². The molecule has 0 aliphatic heterocycles. The van der Waals surface area contributed by atoms with Crippen LogP contribution in [-0.4, -0.2) is 32.7 Å². The number of anilines is 1. The van der Waals surface area contributed by atoms with Gasteiger partial charge in [-0.15, -0.1) is 12.4 Å². The number of aryl methyl sites for hydroxylation is 1. The monoisotopic (exact) mass is 363 g/mol. The molecule has 4 N–H and O–H groups in total. The van der Waals surface area contributed by atoms with Gasteiger partial charge in [-0.2, -0.15) is 0 Å². The predicted molar refractivity (Wildman–Crippen MR) is 96.7 cm³/mol. The Hall–Kier alpha value is -1.31. The van der Waals surface area contributed by atoms with E-state index in [0.717, 1.165) is 11.8 Å². The topological polar surface area (TPSA) is 101 Å². The van der Waals surface area contributed by atoms with Gasteiger partial charge in [-0.3, -0.25) is 9.52 Å². The van der Waals surface area contributed by atoms with Gasteiger partial charge in [-0.05, 0) is 37.5 Å². The van der Waals surface area contributed by atoms with Gasteiger partial charge in [0.25, 0.3) is 5.91 Å². The summed E-state index contributed by atoms with van der Waals surface area (Å²) in [5.41, 5.74) is 6.77. The summed E-state index contributed by atoms with van der Waals surface area (Å²) in [5, 5.41) is 2.93. The molecule has 1 aromatic carbocycles. The van der Waals surface area contributed by atoms with Crippen LogP contribution in [0.1, 0.15) is 36.7 Å². The number of nitrogens with one attached hydrogen (secondary N) is 2. The summed E-state index contributed by atoms with van der Waals surface area (Å²) >= 11 is 0. The number of carbonyl (C=O) groups is 1. The molecule has 23 heavy (non-hydrogen) atoms. The smallest absolute Gasteiger partial charge is 0.251 e. The van der Waals surface area contributed by atoms with Crippen LogP contribution in [0.2, 0.25) is 0 Å². The maximum atomic E-state index is 12.4. The second-order valence-corrected chi connectivity index (χ2v) is 7.88. The highest BCUT2D eigenvalue weighted by molar-refractivity contribution is 7.92. The van der Waals surface area contributed by atoms with E-state index < -0.39 is 15.6 Å². The molecule has 0 spiro atoms. The largest absolute Gasteiger partial charge is 0.345 e. The lowest BCUT2D eigenvalue weighted by Gasteiger charge is -2.33. The molecule has 132 valence electrons. The third-order valence-corrected chi connectivity index (χ3v) is 4.48. The molecule has 1 rings (SSSR count). The molecule has 0 heterocycles. The van der Waals surface area contributed by atoms with Gasteiger partial charge < -0.3 is 11.1 Å². The Labute approximate surface area is 144 Å². The van der Waals surface area contributed by atoms with Crippen LogP contribution >= 0.6 is 12.4 Å².